The molecule has 4 rings (SSSR count). The molecule has 2 atom stereocenters. The van der Waals surface area contributed by atoms with Crippen LogP contribution in [-0.4, -0.2) is 64.3 Å². The van der Waals surface area contributed by atoms with Gasteiger partial charge in [-0.05, 0) is 55.6 Å². The van der Waals surface area contributed by atoms with E-state index in [9.17, 15) is 14.4 Å². The third-order valence-electron chi connectivity index (χ3n) is 6.49. The summed E-state index contributed by atoms with van der Waals surface area (Å²) in [5, 5.41) is 9.65. The lowest BCUT2D eigenvalue weighted by molar-refractivity contribution is -0.131. The zero-order valence-corrected chi connectivity index (χ0v) is 20.6. The van der Waals surface area contributed by atoms with Crippen LogP contribution in [0.2, 0.25) is 0 Å². The first kappa shape index (κ1) is 25.4. The van der Waals surface area contributed by atoms with Crippen molar-refractivity contribution < 1.29 is 14.4 Å². The number of hydrogen-bond acceptors (Lipinski definition) is 5. The van der Waals surface area contributed by atoms with E-state index in [0.717, 1.165) is 48.1 Å². The van der Waals surface area contributed by atoms with Gasteiger partial charge in [-0.3, -0.25) is 24.3 Å². The van der Waals surface area contributed by atoms with Crippen LogP contribution in [0.5, 0.6) is 0 Å². The maximum Gasteiger partial charge on any atom is 0.242 e. The van der Waals surface area contributed by atoms with E-state index < -0.39 is 12.1 Å². The van der Waals surface area contributed by atoms with E-state index in [1.54, 1.807) is 19.3 Å². The highest BCUT2D eigenvalue weighted by molar-refractivity contribution is 5.92. The summed E-state index contributed by atoms with van der Waals surface area (Å²) in [6, 6.07) is 10.3. The SMILES string of the molecule is C[C@@H]1NC(=O)CCCN(Cc2ccncc2)CCCNC(=O)[C@@H](Cc2c[nH]c3ccccc23)NC1=O. The van der Waals surface area contributed by atoms with Crippen molar-refractivity contribution in [2.75, 3.05) is 19.6 Å². The predicted octanol–water partition coefficient (Wildman–Crippen LogP) is 1.90. The van der Waals surface area contributed by atoms with Crippen molar-refractivity contribution in [1.82, 2.24) is 30.8 Å². The van der Waals surface area contributed by atoms with Crippen molar-refractivity contribution in [3.05, 3.63) is 66.1 Å². The molecule has 3 aromatic rings. The minimum absolute atomic E-state index is 0.172. The normalized spacial score (nSPS) is 21.2. The number of para-hydroxylation sites is 1. The number of aromatic amines is 1. The van der Waals surface area contributed by atoms with Gasteiger partial charge in [-0.1, -0.05) is 18.2 Å². The van der Waals surface area contributed by atoms with Crippen LogP contribution in [0.1, 0.15) is 37.3 Å². The molecule has 0 radical (unpaired) electrons. The molecular formula is C27H34N6O3. The lowest BCUT2D eigenvalue weighted by atomic mass is 10.0. The van der Waals surface area contributed by atoms with E-state index in [2.05, 4.69) is 30.8 Å². The Kier molecular flexibility index (Phi) is 8.67. The number of fused-ring (bicyclic) bond motifs is 1. The van der Waals surface area contributed by atoms with Crippen molar-refractivity contribution in [1.29, 1.82) is 0 Å². The van der Waals surface area contributed by atoms with Gasteiger partial charge in [0, 0.05) is 62.0 Å². The summed E-state index contributed by atoms with van der Waals surface area (Å²) in [6.07, 6.45) is 7.54. The molecule has 3 amide bonds. The van der Waals surface area contributed by atoms with Crippen LogP contribution >= 0.6 is 0 Å². The van der Waals surface area contributed by atoms with E-state index in [4.69, 9.17) is 0 Å². The summed E-state index contributed by atoms with van der Waals surface area (Å²) in [4.78, 5) is 48.1. The van der Waals surface area contributed by atoms with Gasteiger partial charge in [0.1, 0.15) is 12.1 Å². The molecule has 0 aliphatic carbocycles. The average molecular weight is 491 g/mol. The molecule has 9 heteroatoms. The van der Waals surface area contributed by atoms with Crippen LogP contribution in [0, 0.1) is 0 Å². The van der Waals surface area contributed by atoms with Crippen molar-refractivity contribution >= 4 is 28.6 Å². The number of nitrogens with one attached hydrogen (secondary N) is 4. The summed E-state index contributed by atoms with van der Waals surface area (Å²) in [6.45, 7) is 4.41. The zero-order valence-electron chi connectivity index (χ0n) is 20.6. The number of benzene rings is 1. The summed E-state index contributed by atoms with van der Waals surface area (Å²) in [7, 11) is 0. The molecule has 0 unspecified atom stereocenters. The van der Waals surface area contributed by atoms with Gasteiger partial charge in [0.25, 0.3) is 0 Å². The largest absolute Gasteiger partial charge is 0.361 e. The highest BCUT2D eigenvalue weighted by Crippen LogP contribution is 2.19. The van der Waals surface area contributed by atoms with Gasteiger partial charge in [-0.2, -0.15) is 0 Å². The molecular weight excluding hydrogens is 456 g/mol. The second kappa shape index (κ2) is 12.3. The molecule has 1 aromatic carbocycles. The zero-order chi connectivity index (χ0) is 25.3. The van der Waals surface area contributed by atoms with Gasteiger partial charge in [0.15, 0.2) is 0 Å². The van der Waals surface area contributed by atoms with Gasteiger partial charge < -0.3 is 20.9 Å². The molecule has 190 valence electrons. The second-order valence-electron chi connectivity index (χ2n) is 9.29. The molecule has 1 aliphatic rings. The Balaban J connectivity index is 1.47. The van der Waals surface area contributed by atoms with Gasteiger partial charge >= 0.3 is 0 Å². The van der Waals surface area contributed by atoms with Crippen molar-refractivity contribution in [3.8, 4) is 0 Å². The topological polar surface area (TPSA) is 119 Å². The summed E-state index contributed by atoms with van der Waals surface area (Å²) >= 11 is 0. The van der Waals surface area contributed by atoms with Crippen molar-refractivity contribution in [3.63, 3.8) is 0 Å². The Labute approximate surface area is 211 Å². The minimum Gasteiger partial charge on any atom is -0.361 e. The minimum atomic E-state index is -0.755. The highest BCUT2D eigenvalue weighted by atomic mass is 16.2. The predicted molar refractivity (Wildman–Crippen MR) is 138 cm³/mol. The van der Waals surface area contributed by atoms with Crippen molar-refractivity contribution in [2.24, 2.45) is 0 Å². The average Bonchev–Trinajstić information content (AvgIpc) is 3.28. The number of nitrogens with zero attached hydrogens (tertiary/aromatic N) is 2. The quantitative estimate of drug-likeness (QED) is 0.445. The smallest absolute Gasteiger partial charge is 0.242 e. The first-order valence-corrected chi connectivity index (χ1v) is 12.5. The Morgan fingerprint density at radius 1 is 0.972 bits per heavy atom. The van der Waals surface area contributed by atoms with E-state index >= 15 is 0 Å². The molecule has 9 nitrogen and oxygen atoms in total. The third kappa shape index (κ3) is 6.91. The molecule has 1 aliphatic heterocycles. The summed E-state index contributed by atoms with van der Waals surface area (Å²) in [5.74, 6) is -0.783. The molecule has 0 spiro atoms. The summed E-state index contributed by atoms with van der Waals surface area (Å²) < 4.78 is 0. The third-order valence-corrected chi connectivity index (χ3v) is 6.49. The maximum absolute atomic E-state index is 13.2. The van der Waals surface area contributed by atoms with Crippen LogP contribution in [0.15, 0.2) is 55.0 Å². The van der Waals surface area contributed by atoms with Gasteiger partial charge in [-0.15, -0.1) is 0 Å². The Hall–Kier alpha value is -3.72. The number of hydrogen-bond donors (Lipinski definition) is 4. The lowest BCUT2D eigenvalue weighted by Crippen LogP contribution is -2.53. The molecule has 0 bridgehead atoms. The molecule has 2 aromatic heterocycles. The molecule has 0 saturated carbocycles. The van der Waals surface area contributed by atoms with E-state index in [-0.39, 0.29) is 17.7 Å². The van der Waals surface area contributed by atoms with Crippen LogP contribution in [0.25, 0.3) is 10.9 Å². The van der Waals surface area contributed by atoms with Gasteiger partial charge in [0.2, 0.25) is 17.7 Å². The summed E-state index contributed by atoms with van der Waals surface area (Å²) in [5.41, 5.74) is 3.08. The van der Waals surface area contributed by atoms with Crippen LogP contribution in [0.3, 0.4) is 0 Å². The molecule has 1 fully saturated rings. The fourth-order valence-corrected chi connectivity index (χ4v) is 4.52. The number of aromatic nitrogens is 2. The fraction of sp³-hybridized carbons (Fsp3) is 0.407. The Bertz CT molecular complexity index is 1180. The highest BCUT2D eigenvalue weighted by Gasteiger charge is 2.25. The molecule has 36 heavy (non-hydrogen) atoms. The number of pyridine rings is 1. The fourth-order valence-electron chi connectivity index (χ4n) is 4.52. The molecule has 4 N–H and O–H groups in total. The lowest BCUT2D eigenvalue weighted by Gasteiger charge is -2.23. The Morgan fingerprint density at radius 3 is 2.58 bits per heavy atom. The first-order chi connectivity index (χ1) is 17.5. The number of rotatable bonds is 4. The van der Waals surface area contributed by atoms with Gasteiger partial charge in [0.05, 0.1) is 0 Å². The van der Waals surface area contributed by atoms with Crippen LogP contribution in [-0.2, 0) is 27.3 Å². The molecule has 1 saturated heterocycles. The van der Waals surface area contributed by atoms with E-state index in [1.165, 1.54) is 0 Å². The maximum atomic E-state index is 13.2. The molecule has 3 heterocycles. The van der Waals surface area contributed by atoms with Crippen LogP contribution in [0.4, 0.5) is 0 Å². The van der Waals surface area contributed by atoms with Gasteiger partial charge in [-0.25, -0.2) is 0 Å². The number of H-pyrrole nitrogens is 1. The van der Waals surface area contributed by atoms with Crippen LogP contribution < -0.4 is 16.0 Å². The number of amides is 3. The standard InChI is InChI=1S/C27H34N6O3/c1-19-26(35)32-24(16-21-17-30-23-7-3-2-6-22(21)23)27(36)29-11-5-15-33(14-4-8-25(34)31-19)18-20-9-12-28-13-10-20/h2-3,6-7,9-10,12-13,17,19,24,30H,4-5,8,11,14-16,18H2,1H3,(H,29,36)(H,31,34)(H,32,35)/t19-,24+/m0/s1. The first-order valence-electron chi connectivity index (χ1n) is 12.5. The van der Waals surface area contributed by atoms with E-state index in [0.29, 0.717) is 25.8 Å². The number of carbonyl (C=O) groups excluding carboxylic acids is 3. The van der Waals surface area contributed by atoms with Crippen molar-refractivity contribution in [2.45, 2.75) is 51.2 Å². The monoisotopic (exact) mass is 490 g/mol. The second-order valence-corrected chi connectivity index (χ2v) is 9.29. The van der Waals surface area contributed by atoms with E-state index in [1.807, 2.05) is 42.6 Å². The number of carbonyl (C=O) groups is 3. The Morgan fingerprint density at radius 2 is 1.75 bits per heavy atom.